The first-order valence-electron chi connectivity index (χ1n) is 11.7. The Morgan fingerprint density at radius 1 is 1.00 bits per heavy atom. The Kier molecular flexibility index (Phi) is 11.4. The zero-order valence-electron chi connectivity index (χ0n) is 19.3. The third kappa shape index (κ3) is 9.34. The van der Waals surface area contributed by atoms with E-state index in [1.54, 1.807) is 19.3 Å². The van der Waals surface area contributed by atoms with Gasteiger partial charge >= 0.3 is 0 Å². The Morgan fingerprint density at radius 2 is 1.65 bits per heavy atom. The van der Waals surface area contributed by atoms with Gasteiger partial charge < -0.3 is 4.74 Å². The summed E-state index contributed by atoms with van der Waals surface area (Å²) in [6, 6.07) is 7.82. The summed E-state index contributed by atoms with van der Waals surface area (Å²) >= 11 is 0. The quantitative estimate of drug-likeness (QED) is 0.269. The molecule has 166 valence electrons. The fourth-order valence-electron chi connectivity index (χ4n) is 3.19. The Hall–Kier alpha value is -2.67. The molecule has 0 aliphatic rings. The van der Waals surface area contributed by atoms with E-state index < -0.39 is 0 Å². The molecule has 4 heteroatoms. The maximum Gasteiger partial charge on any atom is 0.160 e. The Labute approximate surface area is 187 Å². The van der Waals surface area contributed by atoms with E-state index in [0.717, 1.165) is 17.5 Å². The van der Waals surface area contributed by atoms with Crippen LogP contribution in [-0.2, 0) is 4.79 Å². The second-order valence-electron chi connectivity index (χ2n) is 8.13. The van der Waals surface area contributed by atoms with Crippen molar-refractivity contribution in [1.82, 2.24) is 9.97 Å². The molecule has 0 radical (unpaired) electrons. The van der Waals surface area contributed by atoms with Gasteiger partial charge in [0.05, 0.1) is 19.0 Å². The van der Waals surface area contributed by atoms with E-state index in [4.69, 9.17) is 4.74 Å². The van der Waals surface area contributed by atoms with Crippen molar-refractivity contribution in [2.24, 2.45) is 5.92 Å². The van der Waals surface area contributed by atoms with Gasteiger partial charge in [-0.25, -0.2) is 9.97 Å². The first kappa shape index (κ1) is 24.6. The lowest BCUT2D eigenvalue weighted by atomic mass is 10.0. The zero-order valence-corrected chi connectivity index (χ0v) is 19.3. The standard InChI is InChI=1S/C27H36N2O2/c1-4-5-6-7-8-9-10-13-19-31-25-20-28-27(29-21-25)26-18-12-11-16-24(26)17-14-15-22(2)23(3)30/h11-12,16,18,20-22H,4-10,13,15,19H2,1-3H3. The van der Waals surface area contributed by atoms with E-state index in [1.165, 1.54) is 44.9 Å². The van der Waals surface area contributed by atoms with Crippen LogP contribution < -0.4 is 4.74 Å². The highest BCUT2D eigenvalue weighted by Gasteiger charge is 2.07. The highest BCUT2D eigenvalue weighted by atomic mass is 16.5. The monoisotopic (exact) mass is 420 g/mol. The summed E-state index contributed by atoms with van der Waals surface area (Å²) in [5, 5.41) is 0. The van der Waals surface area contributed by atoms with Crippen molar-refractivity contribution in [3.8, 4) is 29.0 Å². The molecule has 0 saturated carbocycles. The Morgan fingerprint density at radius 3 is 2.32 bits per heavy atom. The van der Waals surface area contributed by atoms with Crippen LogP contribution in [0.3, 0.4) is 0 Å². The molecule has 2 aromatic rings. The van der Waals surface area contributed by atoms with Gasteiger partial charge in [-0.3, -0.25) is 4.79 Å². The highest BCUT2D eigenvalue weighted by Crippen LogP contribution is 2.21. The first-order chi connectivity index (χ1) is 15.1. The van der Waals surface area contributed by atoms with Crippen LogP contribution in [0.15, 0.2) is 36.7 Å². The molecule has 1 aromatic heterocycles. The minimum atomic E-state index is -0.0478. The van der Waals surface area contributed by atoms with Crippen molar-refractivity contribution in [3.63, 3.8) is 0 Å². The molecule has 2 rings (SSSR count). The second-order valence-corrected chi connectivity index (χ2v) is 8.13. The van der Waals surface area contributed by atoms with E-state index in [9.17, 15) is 4.79 Å². The lowest BCUT2D eigenvalue weighted by Crippen LogP contribution is -2.04. The van der Waals surface area contributed by atoms with Crippen LogP contribution in [0.5, 0.6) is 5.75 Å². The molecule has 31 heavy (non-hydrogen) atoms. The van der Waals surface area contributed by atoms with Gasteiger partial charge in [-0.05, 0) is 25.5 Å². The predicted molar refractivity (Wildman–Crippen MR) is 127 cm³/mol. The Balaban J connectivity index is 1.83. The largest absolute Gasteiger partial charge is 0.490 e. The van der Waals surface area contributed by atoms with Gasteiger partial charge in [-0.2, -0.15) is 0 Å². The lowest BCUT2D eigenvalue weighted by Gasteiger charge is -2.07. The van der Waals surface area contributed by atoms with Crippen LogP contribution in [0, 0.1) is 17.8 Å². The summed E-state index contributed by atoms with van der Waals surface area (Å²) in [5.74, 6) is 7.72. The maximum atomic E-state index is 11.4. The fourth-order valence-corrected chi connectivity index (χ4v) is 3.19. The van der Waals surface area contributed by atoms with Gasteiger partial charge in [0.25, 0.3) is 0 Å². The second kappa shape index (κ2) is 14.4. The van der Waals surface area contributed by atoms with E-state index in [2.05, 4.69) is 28.7 Å². The van der Waals surface area contributed by atoms with Crippen molar-refractivity contribution in [3.05, 3.63) is 42.2 Å². The number of ketones is 1. The molecule has 1 atom stereocenters. The summed E-state index contributed by atoms with van der Waals surface area (Å²) in [6.07, 6.45) is 14.3. The summed E-state index contributed by atoms with van der Waals surface area (Å²) in [5.41, 5.74) is 1.76. The normalized spacial score (nSPS) is 11.5. The van der Waals surface area contributed by atoms with Gasteiger partial charge in [0.2, 0.25) is 0 Å². The van der Waals surface area contributed by atoms with E-state index >= 15 is 0 Å². The fraction of sp³-hybridized carbons (Fsp3) is 0.519. The summed E-state index contributed by atoms with van der Waals surface area (Å²) in [4.78, 5) is 20.3. The van der Waals surface area contributed by atoms with Gasteiger partial charge in [0.15, 0.2) is 11.6 Å². The van der Waals surface area contributed by atoms with E-state index in [1.807, 2.05) is 31.2 Å². The van der Waals surface area contributed by atoms with Crippen LogP contribution in [-0.4, -0.2) is 22.4 Å². The van der Waals surface area contributed by atoms with E-state index in [-0.39, 0.29) is 11.7 Å². The summed E-state index contributed by atoms with van der Waals surface area (Å²) in [6.45, 7) is 6.46. The lowest BCUT2D eigenvalue weighted by molar-refractivity contribution is -0.120. The smallest absolute Gasteiger partial charge is 0.160 e. The van der Waals surface area contributed by atoms with Gasteiger partial charge in [-0.15, -0.1) is 0 Å². The number of hydrogen-bond acceptors (Lipinski definition) is 4. The predicted octanol–water partition coefficient (Wildman–Crippen LogP) is 6.63. The number of ether oxygens (including phenoxy) is 1. The molecule has 1 unspecified atom stereocenters. The van der Waals surface area contributed by atoms with Crippen LogP contribution in [0.2, 0.25) is 0 Å². The molecular formula is C27H36N2O2. The molecule has 0 N–H and O–H groups in total. The number of aromatic nitrogens is 2. The SMILES string of the molecule is CCCCCCCCCCOc1cnc(-c2ccccc2C#CCC(C)C(C)=O)nc1. The highest BCUT2D eigenvalue weighted by molar-refractivity contribution is 5.78. The molecule has 0 amide bonds. The van der Waals surface area contributed by atoms with Gasteiger partial charge in [0.1, 0.15) is 5.78 Å². The minimum Gasteiger partial charge on any atom is -0.490 e. The summed E-state index contributed by atoms with van der Waals surface area (Å²) in [7, 11) is 0. The topological polar surface area (TPSA) is 52.1 Å². The van der Waals surface area contributed by atoms with Crippen LogP contribution in [0.25, 0.3) is 11.4 Å². The van der Waals surface area contributed by atoms with Crippen molar-refractivity contribution < 1.29 is 9.53 Å². The molecular weight excluding hydrogens is 384 g/mol. The summed E-state index contributed by atoms with van der Waals surface area (Å²) < 4.78 is 5.80. The number of Topliss-reactive ketones (excluding diaryl/α,β-unsaturated/α-hetero) is 1. The van der Waals surface area contributed by atoms with Crippen molar-refractivity contribution in [1.29, 1.82) is 0 Å². The average molecular weight is 421 g/mol. The minimum absolute atomic E-state index is 0.0478. The number of unbranched alkanes of at least 4 members (excludes halogenated alkanes) is 7. The number of carbonyl (C=O) groups excluding carboxylic acids is 1. The number of carbonyl (C=O) groups is 1. The number of benzene rings is 1. The molecule has 0 fully saturated rings. The van der Waals surface area contributed by atoms with Gasteiger partial charge in [-0.1, -0.05) is 82.8 Å². The number of nitrogens with zero attached hydrogens (tertiary/aromatic N) is 2. The van der Waals surface area contributed by atoms with Gasteiger partial charge in [0, 0.05) is 23.5 Å². The van der Waals surface area contributed by atoms with Crippen molar-refractivity contribution in [2.45, 2.75) is 78.6 Å². The van der Waals surface area contributed by atoms with Crippen LogP contribution >= 0.6 is 0 Å². The van der Waals surface area contributed by atoms with Crippen LogP contribution in [0.1, 0.15) is 84.1 Å². The first-order valence-corrected chi connectivity index (χ1v) is 11.7. The molecule has 1 heterocycles. The maximum absolute atomic E-state index is 11.4. The van der Waals surface area contributed by atoms with Crippen molar-refractivity contribution >= 4 is 5.78 Å². The number of hydrogen-bond donors (Lipinski definition) is 0. The molecule has 0 aliphatic carbocycles. The average Bonchev–Trinajstić information content (AvgIpc) is 2.78. The van der Waals surface area contributed by atoms with Crippen LogP contribution in [0.4, 0.5) is 0 Å². The Bertz CT molecular complexity index is 850. The molecule has 1 aromatic carbocycles. The third-order valence-corrected chi connectivity index (χ3v) is 5.39. The van der Waals surface area contributed by atoms with E-state index in [0.29, 0.717) is 24.6 Å². The molecule has 4 nitrogen and oxygen atoms in total. The third-order valence-electron chi connectivity index (χ3n) is 5.39. The molecule has 0 bridgehead atoms. The molecule has 0 spiro atoms. The molecule has 0 aliphatic heterocycles. The van der Waals surface area contributed by atoms with Crippen molar-refractivity contribution in [2.75, 3.05) is 6.61 Å². The molecule has 0 saturated heterocycles. The zero-order chi connectivity index (χ0) is 22.3. The number of rotatable bonds is 13.